The molecule has 1 N–H and O–H groups in total. The van der Waals surface area contributed by atoms with Crippen molar-refractivity contribution in [2.75, 3.05) is 30.9 Å². The highest BCUT2D eigenvalue weighted by molar-refractivity contribution is 7.92. The lowest BCUT2D eigenvalue weighted by molar-refractivity contribution is -0.384. The maximum absolute atomic E-state index is 12.9. The van der Waals surface area contributed by atoms with Crippen LogP contribution in [-0.2, 0) is 10.0 Å². The standard InChI is InChI=1S/C22H21N3O7S/c1-24(33(29,30)19-11-9-18(31-2)10-12-19)16-6-4-15(5-7-16)22(26)23-20-14-17(25(27)28)8-13-21(20)32-3/h4-14H,1-3H3,(H,23,26). The van der Waals surface area contributed by atoms with Gasteiger partial charge >= 0.3 is 0 Å². The third-order valence-corrected chi connectivity index (χ3v) is 6.65. The number of hydrogen-bond donors (Lipinski definition) is 1. The molecule has 0 saturated carbocycles. The fraction of sp³-hybridized carbons (Fsp3) is 0.136. The van der Waals surface area contributed by atoms with E-state index in [2.05, 4.69) is 5.32 Å². The van der Waals surface area contributed by atoms with Gasteiger partial charge in [0.2, 0.25) is 0 Å². The van der Waals surface area contributed by atoms with E-state index >= 15 is 0 Å². The molecule has 1 amide bonds. The molecule has 0 aliphatic heterocycles. The summed E-state index contributed by atoms with van der Waals surface area (Å²) < 4.78 is 37.1. The van der Waals surface area contributed by atoms with Crippen molar-refractivity contribution >= 4 is 33.0 Å². The highest BCUT2D eigenvalue weighted by Gasteiger charge is 2.22. The zero-order valence-electron chi connectivity index (χ0n) is 18.0. The summed E-state index contributed by atoms with van der Waals surface area (Å²) in [6.07, 6.45) is 0. The van der Waals surface area contributed by atoms with Gasteiger partial charge in [0.15, 0.2) is 0 Å². The number of anilines is 2. The Morgan fingerprint density at radius 1 is 0.970 bits per heavy atom. The molecule has 0 saturated heterocycles. The van der Waals surface area contributed by atoms with E-state index in [1.54, 1.807) is 12.1 Å². The number of nitro groups is 1. The van der Waals surface area contributed by atoms with E-state index in [9.17, 15) is 23.3 Å². The summed E-state index contributed by atoms with van der Waals surface area (Å²) in [6.45, 7) is 0. The molecule has 172 valence electrons. The number of nitrogens with zero attached hydrogens (tertiary/aromatic N) is 2. The van der Waals surface area contributed by atoms with Gasteiger partial charge in [-0.2, -0.15) is 0 Å². The lowest BCUT2D eigenvalue weighted by Crippen LogP contribution is -2.26. The number of benzene rings is 3. The summed E-state index contributed by atoms with van der Waals surface area (Å²) >= 11 is 0. The molecule has 0 bridgehead atoms. The highest BCUT2D eigenvalue weighted by atomic mass is 32.2. The molecule has 0 fully saturated rings. The van der Waals surface area contributed by atoms with Crippen molar-refractivity contribution in [3.63, 3.8) is 0 Å². The number of non-ortho nitro benzene ring substituents is 1. The quantitative estimate of drug-likeness (QED) is 0.392. The van der Waals surface area contributed by atoms with Crippen LogP contribution >= 0.6 is 0 Å². The lowest BCUT2D eigenvalue weighted by atomic mass is 10.2. The summed E-state index contributed by atoms with van der Waals surface area (Å²) in [4.78, 5) is 23.2. The smallest absolute Gasteiger partial charge is 0.271 e. The fourth-order valence-electron chi connectivity index (χ4n) is 2.97. The molecule has 0 aromatic heterocycles. The third kappa shape index (κ3) is 5.04. The van der Waals surface area contributed by atoms with Crippen LogP contribution in [0.15, 0.2) is 71.6 Å². The fourth-order valence-corrected chi connectivity index (χ4v) is 4.16. The van der Waals surface area contributed by atoms with Crippen molar-refractivity contribution in [3.05, 3.63) is 82.4 Å². The first-order chi connectivity index (χ1) is 15.7. The van der Waals surface area contributed by atoms with Crippen molar-refractivity contribution in [2.45, 2.75) is 4.90 Å². The predicted octanol–water partition coefficient (Wildman–Crippen LogP) is 3.69. The second-order valence-electron chi connectivity index (χ2n) is 6.79. The molecule has 11 heteroatoms. The second kappa shape index (κ2) is 9.57. The van der Waals surface area contributed by atoms with E-state index in [4.69, 9.17) is 9.47 Å². The highest BCUT2D eigenvalue weighted by Crippen LogP contribution is 2.30. The number of nitro benzene ring substituents is 1. The Hall–Kier alpha value is -4.12. The second-order valence-corrected chi connectivity index (χ2v) is 8.76. The first-order valence-corrected chi connectivity index (χ1v) is 11.0. The van der Waals surface area contributed by atoms with Gasteiger partial charge in [-0.05, 0) is 54.6 Å². The van der Waals surface area contributed by atoms with Crippen LogP contribution in [0.2, 0.25) is 0 Å². The van der Waals surface area contributed by atoms with Crippen LogP contribution in [-0.4, -0.2) is 40.5 Å². The van der Waals surface area contributed by atoms with E-state index in [0.29, 0.717) is 11.4 Å². The Labute approximate surface area is 190 Å². The van der Waals surface area contributed by atoms with Gasteiger partial charge < -0.3 is 14.8 Å². The zero-order valence-corrected chi connectivity index (χ0v) is 18.8. The van der Waals surface area contributed by atoms with Crippen molar-refractivity contribution in [2.24, 2.45) is 0 Å². The Kier molecular flexibility index (Phi) is 6.83. The van der Waals surface area contributed by atoms with Crippen molar-refractivity contribution < 1.29 is 27.6 Å². The molecular formula is C22H21N3O7S. The van der Waals surface area contributed by atoms with Gasteiger partial charge in [-0.3, -0.25) is 19.2 Å². The molecular weight excluding hydrogens is 450 g/mol. The maximum Gasteiger partial charge on any atom is 0.271 e. The van der Waals surface area contributed by atoms with Crippen LogP contribution in [0.5, 0.6) is 11.5 Å². The van der Waals surface area contributed by atoms with Crippen LogP contribution in [0.25, 0.3) is 0 Å². The summed E-state index contributed by atoms with van der Waals surface area (Å²) in [5.74, 6) is 0.254. The summed E-state index contributed by atoms with van der Waals surface area (Å²) in [7, 11) is 0.450. The number of hydrogen-bond acceptors (Lipinski definition) is 7. The predicted molar refractivity (Wildman–Crippen MR) is 123 cm³/mol. The van der Waals surface area contributed by atoms with Gasteiger partial charge in [-0.25, -0.2) is 8.42 Å². The topological polar surface area (TPSA) is 128 Å². The summed E-state index contributed by atoms with van der Waals surface area (Å²) in [6, 6.07) is 15.7. The molecule has 3 rings (SSSR count). The Morgan fingerprint density at radius 2 is 1.61 bits per heavy atom. The van der Waals surface area contributed by atoms with Gasteiger partial charge in [0.1, 0.15) is 11.5 Å². The zero-order chi connectivity index (χ0) is 24.2. The number of ether oxygens (including phenoxy) is 2. The van der Waals surface area contributed by atoms with Gasteiger partial charge in [0, 0.05) is 24.7 Å². The molecule has 0 aliphatic carbocycles. The number of nitrogens with one attached hydrogen (secondary N) is 1. The normalized spacial score (nSPS) is 10.9. The van der Waals surface area contributed by atoms with Crippen LogP contribution in [0.1, 0.15) is 10.4 Å². The number of sulfonamides is 1. The van der Waals surface area contributed by atoms with Gasteiger partial charge in [0.05, 0.1) is 35.4 Å². The summed E-state index contributed by atoms with van der Waals surface area (Å²) in [5.41, 5.74) is 0.504. The third-order valence-electron chi connectivity index (χ3n) is 4.85. The molecule has 10 nitrogen and oxygen atoms in total. The first kappa shape index (κ1) is 23.5. The Morgan fingerprint density at radius 3 is 2.15 bits per heavy atom. The van der Waals surface area contributed by atoms with Crippen molar-refractivity contribution in [1.82, 2.24) is 0 Å². The minimum atomic E-state index is -3.82. The number of amides is 1. The summed E-state index contributed by atoms with van der Waals surface area (Å²) in [5, 5.41) is 13.6. The van der Waals surface area contributed by atoms with E-state index in [1.165, 1.54) is 75.9 Å². The van der Waals surface area contributed by atoms with E-state index in [0.717, 1.165) is 4.31 Å². The van der Waals surface area contributed by atoms with Gasteiger partial charge in [0.25, 0.3) is 21.6 Å². The molecule has 0 radical (unpaired) electrons. The van der Waals surface area contributed by atoms with E-state index in [-0.39, 0.29) is 27.6 Å². The number of methoxy groups -OCH3 is 2. The Balaban J connectivity index is 1.80. The van der Waals surface area contributed by atoms with Crippen LogP contribution in [0.4, 0.5) is 17.1 Å². The minimum Gasteiger partial charge on any atom is -0.497 e. The minimum absolute atomic E-state index is 0.0883. The molecule has 0 atom stereocenters. The molecule has 3 aromatic rings. The van der Waals surface area contributed by atoms with Crippen LogP contribution < -0.4 is 19.1 Å². The molecule has 33 heavy (non-hydrogen) atoms. The molecule has 0 unspecified atom stereocenters. The van der Waals surface area contributed by atoms with Crippen LogP contribution in [0.3, 0.4) is 0 Å². The largest absolute Gasteiger partial charge is 0.497 e. The molecule has 3 aromatic carbocycles. The van der Waals surface area contributed by atoms with Crippen LogP contribution in [0, 0.1) is 10.1 Å². The lowest BCUT2D eigenvalue weighted by Gasteiger charge is -2.20. The monoisotopic (exact) mass is 471 g/mol. The SMILES string of the molecule is COc1ccc(S(=O)(=O)N(C)c2ccc(C(=O)Nc3cc([N+](=O)[O-])ccc3OC)cc2)cc1. The average molecular weight is 471 g/mol. The average Bonchev–Trinajstić information content (AvgIpc) is 2.83. The van der Waals surface area contributed by atoms with Crippen molar-refractivity contribution in [1.29, 1.82) is 0 Å². The number of rotatable bonds is 8. The maximum atomic E-state index is 12.9. The van der Waals surface area contributed by atoms with E-state index in [1.807, 2.05) is 0 Å². The van der Waals surface area contributed by atoms with E-state index < -0.39 is 20.9 Å². The van der Waals surface area contributed by atoms with Gasteiger partial charge in [-0.1, -0.05) is 0 Å². The molecule has 0 heterocycles. The molecule has 0 aliphatic rings. The number of carbonyl (C=O) groups excluding carboxylic acids is 1. The molecule has 0 spiro atoms. The number of carbonyl (C=O) groups is 1. The Bertz CT molecular complexity index is 1270. The van der Waals surface area contributed by atoms with Crippen molar-refractivity contribution in [3.8, 4) is 11.5 Å². The van der Waals surface area contributed by atoms with Gasteiger partial charge in [-0.15, -0.1) is 0 Å². The first-order valence-electron chi connectivity index (χ1n) is 9.54.